The van der Waals surface area contributed by atoms with Crippen molar-refractivity contribution in [2.75, 3.05) is 30.8 Å². The van der Waals surface area contributed by atoms with E-state index in [2.05, 4.69) is 20.6 Å². The average Bonchev–Trinajstić information content (AvgIpc) is 2.50. The second-order valence-electron chi connectivity index (χ2n) is 4.08. The molecule has 0 radical (unpaired) electrons. The molecule has 0 atom stereocenters. The molecule has 0 aliphatic heterocycles. The highest BCUT2D eigenvalue weighted by Crippen LogP contribution is 2.19. The van der Waals surface area contributed by atoms with Gasteiger partial charge in [0.05, 0.1) is 12.8 Å². The molecule has 106 valence electrons. The van der Waals surface area contributed by atoms with Crippen LogP contribution in [0.1, 0.15) is 6.42 Å². The van der Waals surface area contributed by atoms with Gasteiger partial charge in [-0.3, -0.25) is 0 Å². The van der Waals surface area contributed by atoms with Crippen LogP contribution in [0.3, 0.4) is 0 Å². The maximum absolute atomic E-state index is 6.02. The van der Waals surface area contributed by atoms with Crippen LogP contribution in [-0.2, 0) is 0 Å². The summed E-state index contributed by atoms with van der Waals surface area (Å²) in [4.78, 5) is 8.26. The van der Waals surface area contributed by atoms with E-state index < -0.39 is 0 Å². The zero-order valence-corrected chi connectivity index (χ0v) is 12.0. The number of nitrogens with zero attached hydrogens (tertiary/aromatic N) is 2. The summed E-state index contributed by atoms with van der Waals surface area (Å²) in [6.45, 7) is 1.37. The first-order valence-corrected chi connectivity index (χ1v) is 6.79. The Kier molecular flexibility index (Phi) is 5.43. The predicted molar refractivity (Wildman–Crippen MR) is 81.6 cm³/mol. The summed E-state index contributed by atoms with van der Waals surface area (Å²) in [6, 6.07) is 9.74. The lowest BCUT2D eigenvalue weighted by Crippen LogP contribution is -2.09. The molecule has 0 unspecified atom stereocenters. The first kappa shape index (κ1) is 14.4. The van der Waals surface area contributed by atoms with Gasteiger partial charge in [-0.15, -0.1) is 0 Å². The number of anilines is 2. The van der Waals surface area contributed by atoms with Crippen molar-refractivity contribution in [2.45, 2.75) is 6.42 Å². The highest BCUT2D eigenvalue weighted by molar-refractivity contribution is 6.32. The number of aromatic nitrogens is 2. The number of halogens is 1. The maximum Gasteiger partial charge on any atom is 0.224 e. The zero-order chi connectivity index (χ0) is 14.2. The van der Waals surface area contributed by atoms with Gasteiger partial charge in [0.25, 0.3) is 0 Å². The largest absolute Gasteiger partial charge is 0.494 e. The van der Waals surface area contributed by atoms with Gasteiger partial charge in [-0.05, 0) is 18.6 Å². The fourth-order valence-corrected chi connectivity index (χ4v) is 1.76. The van der Waals surface area contributed by atoms with Gasteiger partial charge in [0, 0.05) is 13.6 Å². The third kappa shape index (κ3) is 4.28. The molecule has 2 aromatic rings. The second kappa shape index (κ2) is 7.55. The van der Waals surface area contributed by atoms with Crippen molar-refractivity contribution in [3.05, 3.63) is 41.6 Å². The fourth-order valence-electron chi connectivity index (χ4n) is 1.60. The van der Waals surface area contributed by atoms with E-state index in [1.54, 1.807) is 13.2 Å². The van der Waals surface area contributed by atoms with Crippen LogP contribution in [0.4, 0.5) is 11.8 Å². The molecule has 0 aliphatic carbocycles. The van der Waals surface area contributed by atoms with Crippen molar-refractivity contribution in [3.8, 4) is 5.75 Å². The van der Waals surface area contributed by atoms with Crippen LogP contribution in [-0.4, -0.2) is 30.2 Å². The lowest BCUT2D eigenvalue weighted by atomic mass is 10.3. The Morgan fingerprint density at radius 2 is 2.05 bits per heavy atom. The summed E-state index contributed by atoms with van der Waals surface area (Å²) in [5.74, 6) is 2.05. The van der Waals surface area contributed by atoms with Crippen LogP contribution in [0, 0.1) is 0 Å². The molecule has 2 rings (SSSR count). The Hall–Kier alpha value is -2.01. The lowest BCUT2D eigenvalue weighted by Gasteiger charge is -2.09. The number of nitrogens with one attached hydrogen (secondary N) is 2. The van der Waals surface area contributed by atoms with Gasteiger partial charge >= 0.3 is 0 Å². The van der Waals surface area contributed by atoms with Gasteiger partial charge in [-0.1, -0.05) is 29.8 Å². The molecule has 0 amide bonds. The van der Waals surface area contributed by atoms with E-state index in [-0.39, 0.29) is 0 Å². The van der Waals surface area contributed by atoms with Gasteiger partial charge in [0.2, 0.25) is 5.95 Å². The Morgan fingerprint density at radius 3 is 2.80 bits per heavy atom. The summed E-state index contributed by atoms with van der Waals surface area (Å²) < 4.78 is 5.60. The predicted octanol–water partition coefficient (Wildman–Crippen LogP) is 3.05. The monoisotopic (exact) mass is 292 g/mol. The van der Waals surface area contributed by atoms with Gasteiger partial charge in [-0.2, -0.15) is 4.98 Å². The summed E-state index contributed by atoms with van der Waals surface area (Å²) in [5.41, 5.74) is 0. The number of rotatable bonds is 7. The van der Waals surface area contributed by atoms with Crippen LogP contribution >= 0.6 is 11.6 Å². The number of ether oxygens (including phenoxy) is 1. The van der Waals surface area contributed by atoms with E-state index >= 15 is 0 Å². The minimum Gasteiger partial charge on any atom is -0.494 e. The van der Waals surface area contributed by atoms with Crippen LogP contribution in [0.5, 0.6) is 5.75 Å². The summed E-state index contributed by atoms with van der Waals surface area (Å²) in [6.07, 6.45) is 2.42. The van der Waals surface area contributed by atoms with Crippen LogP contribution < -0.4 is 15.4 Å². The maximum atomic E-state index is 6.02. The third-order valence-electron chi connectivity index (χ3n) is 2.59. The van der Waals surface area contributed by atoms with Gasteiger partial charge in [0.1, 0.15) is 16.6 Å². The van der Waals surface area contributed by atoms with Crippen LogP contribution in [0.25, 0.3) is 0 Å². The van der Waals surface area contributed by atoms with Crippen molar-refractivity contribution in [1.29, 1.82) is 0 Å². The fraction of sp³-hybridized carbons (Fsp3) is 0.286. The van der Waals surface area contributed by atoms with Crippen molar-refractivity contribution < 1.29 is 4.74 Å². The van der Waals surface area contributed by atoms with Crippen molar-refractivity contribution in [1.82, 2.24) is 9.97 Å². The standard InChI is InChI=1S/C14H17ClN4O/c1-16-14-18-10-12(15)13(19-14)17-8-5-9-20-11-6-3-2-4-7-11/h2-4,6-7,10H,5,8-9H2,1H3,(H2,16,17,18,19). The van der Waals surface area contributed by atoms with Gasteiger partial charge in [-0.25, -0.2) is 4.98 Å². The summed E-state index contributed by atoms with van der Waals surface area (Å²) in [5, 5.41) is 6.55. The topological polar surface area (TPSA) is 59.1 Å². The molecule has 2 N–H and O–H groups in total. The molecule has 0 saturated carbocycles. The minimum atomic E-state index is 0.507. The molecule has 0 fully saturated rings. The van der Waals surface area contributed by atoms with E-state index in [1.165, 1.54) is 0 Å². The number of hydrogen-bond donors (Lipinski definition) is 2. The number of benzene rings is 1. The van der Waals surface area contributed by atoms with Crippen molar-refractivity contribution in [2.24, 2.45) is 0 Å². The average molecular weight is 293 g/mol. The molecule has 0 saturated heterocycles. The van der Waals surface area contributed by atoms with E-state index in [9.17, 15) is 0 Å². The van der Waals surface area contributed by atoms with Gasteiger partial charge < -0.3 is 15.4 Å². The van der Waals surface area contributed by atoms with E-state index in [0.29, 0.717) is 23.4 Å². The number of hydrogen-bond acceptors (Lipinski definition) is 5. The number of para-hydroxylation sites is 1. The van der Waals surface area contributed by atoms with E-state index in [1.807, 2.05) is 30.3 Å². The molecule has 1 heterocycles. The normalized spacial score (nSPS) is 10.1. The smallest absolute Gasteiger partial charge is 0.224 e. The molecule has 1 aromatic heterocycles. The highest BCUT2D eigenvalue weighted by Gasteiger charge is 2.03. The summed E-state index contributed by atoms with van der Waals surface area (Å²) in [7, 11) is 1.76. The minimum absolute atomic E-state index is 0.507. The van der Waals surface area contributed by atoms with Crippen LogP contribution in [0.15, 0.2) is 36.5 Å². The van der Waals surface area contributed by atoms with E-state index in [0.717, 1.165) is 18.7 Å². The first-order chi connectivity index (χ1) is 9.79. The Balaban J connectivity index is 1.73. The molecule has 1 aromatic carbocycles. The molecule has 0 bridgehead atoms. The quantitative estimate of drug-likeness (QED) is 0.768. The molecular weight excluding hydrogens is 276 g/mol. The van der Waals surface area contributed by atoms with E-state index in [4.69, 9.17) is 16.3 Å². The first-order valence-electron chi connectivity index (χ1n) is 6.41. The third-order valence-corrected chi connectivity index (χ3v) is 2.87. The Labute approximate surface area is 123 Å². The molecule has 0 aliphatic rings. The van der Waals surface area contributed by atoms with Gasteiger partial charge in [0.15, 0.2) is 0 Å². The molecule has 0 spiro atoms. The lowest BCUT2D eigenvalue weighted by molar-refractivity contribution is 0.315. The SMILES string of the molecule is CNc1ncc(Cl)c(NCCCOc2ccccc2)n1. The van der Waals surface area contributed by atoms with Crippen LogP contribution in [0.2, 0.25) is 5.02 Å². The van der Waals surface area contributed by atoms with Crippen molar-refractivity contribution in [3.63, 3.8) is 0 Å². The Bertz CT molecular complexity index is 536. The molecular formula is C14H17ClN4O. The summed E-state index contributed by atoms with van der Waals surface area (Å²) >= 11 is 6.02. The zero-order valence-electron chi connectivity index (χ0n) is 11.3. The molecule has 20 heavy (non-hydrogen) atoms. The molecule has 5 nitrogen and oxygen atoms in total. The highest BCUT2D eigenvalue weighted by atomic mass is 35.5. The molecule has 6 heteroatoms. The Morgan fingerprint density at radius 1 is 1.25 bits per heavy atom. The van der Waals surface area contributed by atoms with Crippen molar-refractivity contribution >= 4 is 23.4 Å². The second-order valence-corrected chi connectivity index (χ2v) is 4.49.